The monoisotopic (exact) mass is 344 g/mol. The molecule has 136 valence electrons. The van der Waals surface area contributed by atoms with Crippen molar-refractivity contribution in [3.63, 3.8) is 0 Å². The molecular formula is C26H32. The van der Waals surface area contributed by atoms with Crippen LogP contribution in [0, 0.1) is 27.7 Å². The number of hydrogen-bond donors (Lipinski definition) is 0. The minimum atomic E-state index is 1.21. The first kappa shape index (κ1) is 21.4. The normalized spacial score (nSPS) is 9.15. The van der Waals surface area contributed by atoms with Crippen LogP contribution < -0.4 is 0 Å². The summed E-state index contributed by atoms with van der Waals surface area (Å²) < 4.78 is 0. The van der Waals surface area contributed by atoms with Crippen LogP contribution in [0.3, 0.4) is 0 Å². The summed E-state index contributed by atoms with van der Waals surface area (Å²) in [4.78, 5) is 0. The average Bonchev–Trinajstić information content (AvgIpc) is 2.66. The Morgan fingerprint density at radius 3 is 1.54 bits per heavy atom. The van der Waals surface area contributed by atoms with Gasteiger partial charge in [-0.05, 0) is 61.1 Å². The summed E-state index contributed by atoms with van der Waals surface area (Å²) in [6.45, 7) is 12.6. The zero-order valence-corrected chi connectivity index (χ0v) is 17.1. The first-order valence-corrected chi connectivity index (χ1v) is 9.40. The van der Waals surface area contributed by atoms with Gasteiger partial charge in [0, 0.05) is 0 Å². The Morgan fingerprint density at radius 2 is 0.846 bits per heavy atom. The average molecular weight is 345 g/mol. The second-order valence-corrected chi connectivity index (χ2v) is 6.08. The summed E-state index contributed by atoms with van der Waals surface area (Å²) in [6.07, 6.45) is 0. The first-order chi connectivity index (χ1) is 12.6. The molecule has 0 aliphatic heterocycles. The molecule has 0 saturated heterocycles. The standard InChI is InChI=1S/C24H26.C2H6/c1-19-13-10-11-16-23(17-12-15-20(19)2)24-18-9-7-5-6-8-14-21(3)22(24)4;1-2/h5-18H,1-4H3;1-2H3. The molecule has 26 heavy (non-hydrogen) atoms. The van der Waals surface area contributed by atoms with Gasteiger partial charge < -0.3 is 0 Å². The molecule has 0 saturated carbocycles. The minimum Gasteiger partial charge on any atom is -0.0683 e. The fourth-order valence-electron chi connectivity index (χ4n) is 2.47. The highest BCUT2D eigenvalue weighted by Crippen LogP contribution is 2.22. The Morgan fingerprint density at radius 1 is 0.423 bits per heavy atom. The highest BCUT2D eigenvalue weighted by Gasteiger charge is 1.99. The third kappa shape index (κ3) is 6.72. The van der Waals surface area contributed by atoms with Gasteiger partial charge in [-0.3, -0.25) is 0 Å². The molecule has 0 radical (unpaired) electrons. The van der Waals surface area contributed by atoms with Gasteiger partial charge in [-0.25, -0.2) is 0 Å². The van der Waals surface area contributed by atoms with Gasteiger partial charge in [-0.15, -0.1) is 0 Å². The Labute approximate surface area is 160 Å². The van der Waals surface area contributed by atoms with Crippen LogP contribution in [0.2, 0.25) is 0 Å². The van der Waals surface area contributed by atoms with E-state index in [2.05, 4.69) is 113 Å². The van der Waals surface area contributed by atoms with Crippen molar-refractivity contribution >= 4 is 0 Å². The maximum absolute atomic E-state index is 2.19. The molecular weight excluding hydrogens is 312 g/mol. The van der Waals surface area contributed by atoms with E-state index in [9.17, 15) is 0 Å². The van der Waals surface area contributed by atoms with E-state index in [4.69, 9.17) is 0 Å². The molecule has 2 aromatic rings. The van der Waals surface area contributed by atoms with Crippen LogP contribution in [-0.2, 0) is 0 Å². The quantitative estimate of drug-likeness (QED) is 0.494. The largest absolute Gasteiger partial charge is 0.0683 e. The van der Waals surface area contributed by atoms with E-state index in [1.54, 1.807) is 0 Å². The van der Waals surface area contributed by atoms with Crippen molar-refractivity contribution in [2.45, 2.75) is 41.5 Å². The third-order valence-electron chi connectivity index (χ3n) is 4.34. The van der Waals surface area contributed by atoms with Crippen LogP contribution in [0.25, 0.3) is 11.1 Å². The molecule has 0 N–H and O–H groups in total. The number of rotatable bonds is 1. The lowest BCUT2D eigenvalue weighted by molar-refractivity contribution is 1.35. The van der Waals surface area contributed by atoms with Crippen molar-refractivity contribution in [1.82, 2.24) is 0 Å². The lowest BCUT2D eigenvalue weighted by Crippen LogP contribution is -1.83. The zero-order chi connectivity index (χ0) is 19.4. The molecule has 2 aromatic carbocycles. The number of aryl methyl sites for hydroxylation is 3. The molecule has 0 amide bonds. The van der Waals surface area contributed by atoms with Gasteiger partial charge in [0.25, 0.3) is 0 Å². The van der Waals surface area contributed by atoms with Crippen molar-refractivity contribution in [3.05, 3.63) is 107 Å². The Kier molecular flexibility index (Phi) is 9.79. The summed E-state index contributed by atoms with van der Waals surface area (Å²) in [7, 11) is 0. The van der Waals surface area contributed by atoms with Gasteiger partial charge in [-0.2, -0.15) is 0 Å². The van der Waals surface area contributed by atoms with Gasteiger partial charge in [0.2, 0.25) is 0 Å². The fraction of sp³-hybridized carbons (Fsp3) is 0.231. The molecule has 0 unspecified atom stereocenters. The predicted molar refractivity (Wildman–Crippen MR) is 117 cm³/mol. The van der Waals surface area contributed by atoms with E-state index in [-0.39, 0.29) is 0 Å². The second kappa shape index (κ2) is 11.9. The smallest absolute Gasteiger partial charge is 0.0152 e. The van der Waals surface area contributed by atoms with E-state index in [0.29, 0.717) is 0 Å². The van der Waals surface area contributed by atoms with Crippen LogP contribution in [0.15, 0.2) is 84.9 Å². The topological polar surface area (TPSA) is 0 Å². The van der Waals surface area contributed by atoms with E-state index < -0.39 is 0 Å². The maximum Gasteiger partial charge on any atom is -0.0152 e. The molecule has 0 fully saturated rings. The minimum absolute atomic E-state index is 1.21. The van der Waals surface area contributed by atoms with Crippen LogP contribution in [0.4, 0.5) is 0 Å². The summed E-state index contributed by atoms with van der Waals surface area (Å²) >= 11 is 0. The van der Waals surface area contributed by atoms with Gasteiger partial charge >= 0.3 is 0 Å². The van der Waals surface area contributed by atoms with Gasteiger partial charge in [-0.1, -0.05) is 98.8 Å². The molecule has 0 aliphatic rings. The van der Waals surface area contributed by atoms with Crippen LogP contribution >= 0.6 is 0 Å². The molecule has 0 spiro atoms. The summed E-state index contributed by atoms with van der Waals surface area (Å²) in [5, 5.41) is 0. The molecule has 2 rings (SSSR count). The predicted octanol–water partition coefficient (Wildman–Crippen LogP) is 7.86. The van der Waals surface area contributed by atoms with E-state index in [1.165, 1.54) is 33.4 Å². The number of hydrogen-bond acceptors (Lipinski definition) is 0. The van der Waals surface area contributed by atoms with Crippen molar-refractivity contribution in [2.24, 2.45) is 0 Å². The molecule has 0 aliphatic carbocycles. The molecule has 0 heteroatoms. The molecule has 0 atom stereocenters. The lowest BCUT2D eigenvalue weighted by Gasteiger charge is -2.05. The van der Waals surface area contributed by atoms with Crippen LogP contribution in [0.5, 0.6) is 0 Å². The maximum atomic E-state index is 2.19. The van der Waals surface area contributed by atoms with E-state index in [1.807, 2.05) is 13.8 Å². The van der Waals surface area contributed by atoms with E-state index in [0.717, 1.165) is 0 Å². The van der Waals surface area contributed by atoms with E-state index >= 15 is 0 Å². The second-order valence-electron chi connectivity index (χ2n) is 6.08. The van der Waals surface area contributed by atoms with Crippen molar-refractivity contribution < 1.29 is 0 Å². The molecule has 0 heterocycles. The van der Waals surface area contributed by atoms with Crippen molar-refractivity contribution in [2.75, 3.05) is 0 Å². The summed E-state index contributed by atoms with van der Waals surface area (Å²) in [5.41, 5.74) is 7.60. The van der Waals surface area contributed by atoms with Gasteiger partial charge in [0.15, 0.2) is 0 Å². The van der Waals surface area contributed by atoms with Gasteiger partial charge in [0.05, 0.1) is 0 Å². The zero-order valence-electron chi connectivity index (χ0n) is 17.1. The van der Waals surface area contributed by atoms with Gasteiger partial charge in [0.1, 0.15) is 0 Å². The Hall–Kier alpha value is -2.60. The summed E-state index contributed by atoms with van der Waals surface area (Å²) in [5.74, 6) is 0. The highest BCUT2D eigenvalue weighted by molar-refractivity contribution is 5.66. The van der Waals surface area contributed by atoms with Crippen molar-refractivity contribution in [1.29, 1.82) is 0 Å². The van der Waals surface area contributed by atoms with Crippen molar-refractivity contribution in [3.8, 4) is 11.1 Å². The van der Waals surface area contributed by atoms with Crippen LogP contribution in [0.1, 0.15) is 36.1 Å². The fourth-order valence-corrected chi connectivity index (χ4v) is 2.47. The highest BCUT2D eigenvalue weighted by atomic mass is 14.0. The molecule has 0 bridgehead atoms. The SMILES string of the molecule is CC.Cc1ccccc(-c2cccccccc(C)c2C)cccc1C. The van der Waals surface area contributed by atoms with Crippen LogP contribution in [-0.4, -0.2) is 0 Å². The Bertz CT molecular complexity index is 813. The Balaban J connectivity index is 0.00000163. The first-order valence-electron chi connectivity index (χ1n) is 9.40. The third-order valence-corrected chi connectivity index (χ3v) is 4.34. The molecule has 0 aromatic heterocycles. The lowest BCUT2D eigenvalue weighted by atomic mass is 10.00. The molecule has 0 nitrogen and oxygen atoms in total. The summed E-state index contributed by atoms with van der Waals surface area (Å²) in [6, 6.07) is 29.8.